The molecule has 2 N–H and O–H groups in total. The number of nitrogens with zero attached hydrogens (tertiary/aromatic N) is 3. The van der Waals surface area contributed by atoms with Crippen LogP contribution in [0, 0.1) is 11.8 Å². The first-order valence-electron chi connectivity index (χ1n) is 12.5. The van der Waals surface area contributed by atoms with Crippen LogP contribution in [-0.4, -0.2) is 58.4 Å². The van der Waals surface area contributed by atoms with Gasteiger partial charge in [-0.3, -0.25) is 14.6 Å². The second kappa shape index (κ2) is 10.9. The minimum Gasteiger partial charge on any atom is -0.481 e. The second-order valence-electron chi connectivity index (χ2n) is 9.78. The molecule has 2 aliphatic rings. The highest BCUT2D eigenvalue weighted by Gasteiger charge is 2.53. The van der Waals surface area contributed by atoms with Gasteiger partial charge in [-0.15, -0.1) is 11.6 Å². The Morgan fingerprint density at radius 2 is 2.00 bits per heavy atom. The fourth-order valence-corrected chi connectivity index (χ4v) is 5.86. The number of carbonyl (C=O) groups is 2. The lowest BCUT2D eigenvalue weighted by Gasteiger charge is -2.40. The molecule has 1 aliphatic carbocycles. The lowest BCUT2D eigenvalue weighted by atomic mass is 9.77. The smallest absolute Gasteiger partial charge is 0.270 e. The minimum absolute atomic E-state index is 0.0167. The van der Waals surface area contributed by atoms with Crippen LogP contribution in [0.3, 0.4) is 0 Å². The summed E-state index contributed by atoms with van der Waals surface area (Å²) in [6.45, 7) is 0.0167. The normalized spacial score (nSPS) is 26.4. The number of aromatic nitrogens is 2. The number of hydrogen-bond acceptors (Lipinski definition) is 6. The number of para-hydroxylation sites is 1. The molecule has 8 nitrogen and oxygen atoms in total. The number of amides is 2. The molecule has 1 saturated carbocycles. The van der Waals surface area contributed by atoms with E-state index in [0.717, 1.165) is 0 Å². The Hall–Kier alpha value is -3.63. The predicted molar refractivity (Wildman–Crippen MR) is 140 cm³/mol. The number of rotatable bonds is 7. The average Bonchev–Trinajstić information content (AvgIpc) is 3.17. The van der Waals surface area contributed by atoms with Crippen molar-refractivity contribution in [3.63, 3.8) is 0 Å². The van der Waals surface area contributed by atoms with Crippen molar-refractivity contribution < 1.29 is 28.2 Å². The minimum atomic E-state index is -2.71. The molecule has 0 bridgehead atoms. The van der Waals surface area contributed by atoms with Gasteiger partial charge in [0.1, 0.15) is 0 Å². The van der Waals surface area contributed by atoms with Gasteiger partial charge >= 0.3 is 0 Å². The van der Waals surface area contributed by atoms with Gasteiger partial charge in [0, 0.05) is 47.9 Å². The van der Waals surface area contributed by atoms with E-state index in [9.17, 15) is 23.5 Å². The SMILES string of the molecule is COc1cccc([C@@]2(O)C(=O)N(C[C@H]3C[C@@H](C(F)F)[C@H](NC(=O)c4cccnc4)C[C@H]3Cl)c3ccccc32)n1. The Morgan fingerprint density at radius 3 is 2.72 bits per heavy atom. The molecule has 2 aromatic heterocycles. The number of alkyl halides is 3. The fraction of sp³-hybridized carbons (Fsp3) is 0.357. The highest BCUT2D eigenvalue weighted by Crippen LogP contribution is 2.46. The van der Waals surface area contributed by atoms with Crippen LogP contribution >= 0.6 is 11.6 Å². The summed E-state index contributed by atoms with van der Waals surface area (Å²) in [5, 5.41) is 13.8. The van der Waals surface area contributed by atoms with Gasteiger partial charge in [-0.2, -0.15) is 0 Å². The Kier molecular flexibility index (Phi) is 7.51. The molecule has 3 aromatic rings. The lowest BCUT2D eigenvalue weighted by molar-refractivity contribution is -0.132. The zero-order valence-corrected chi connectivity index (χ0v) is 21.8. The third-order valence-corrected chi connectivity index (χ3v) is 8.04. The van der Waals surface area contributed by atoms with E-state index in [1.807, 2.05) is 0 Å². The van der Waals surface area contributed by atoms with Crippen molar-refractivity contribution in [2.45, 2.75) is 36.3 Å². The van der Waals surface area contributed by atoms with E-state index in [0.29, 0.717) is 11.3 Å². The number of fused-ring (bicyclic) bond motifs is 1. The van der Waals surface area contributed by atoms with Crippen molar-refractivity contribution >= 4 is 29.1 Å². The van der Waals surface area contributed by atoms with Crippen LogP contribution in [0.15, 0.2) is 67.0 Å². The van der Waals surface area contributed by atoms with E-state index < -0.39 is 47.1 Å². The van der Waals surface area contributed by atoms with Crippen molar-refractivity contribution in [1.29, 1.82) is 0 Å². The molecule has 11 heteroatoms. The van der Waals surface area contributed by atoms with Crippen LogP contribution < -0.4 is 15.0 Å². The van der Waals surface area contributed by atoms with E-state index in [4.69, 9.17) is 16.3 Å². The summed E-state index contributed by atoms with van der Waals surface area (Å²) in [6.07, 6.45) is 0.243. The summed E-state index contributed by atoms with van der Waals surface area (Å²) in [5.41, 5.74) is -0.923. The van der Waals surface area contributed by atoms with Crippen LogP contribution in [0.4, 0.5) is 14.5 Å². The van der Waals surface area contributed by atoms with Crippen molar-refractivity contribution in [2.24, 2.45) is 11.8 Å². The lowest BCUT2D eigenvalue weighted by Crippen LogP contribution is -2.52. The summed E-state index contributed by atoms with van der Waals surface area (Å²) in [4.78, 5) is 36.0. The second-order valence-corrected chi connectivity index (χ2v) is 10.3. The van der Waals surface area contributed by atoms with Crippen LogP contribution in [0.5, 0.6) is 5.88 Å². The molecular weight excluding hydrogens is 530 g/mol. The summed E-state index contributed by atoms with van der Waals surface area (Å²) < 4.78 is 33.6. The molecule has 0 unspecified atom stereocenters. The Morgan fingerprint density at radius 1 is 1.21 bits per heavy atom. The van der Waals surface area contributed by atoms with Gasteiger partial charge in [-0.25, -0.2) is 13.8 Å². The number of pyridine rings is 2. The van der Waals surface area contributed by atoms with Gasteiger partial charge in [0.05, 0.1) is 24.1 Å². The van der Waals surface area contributed by atoms with Crippen LogP contribution in [-0.2, 0) is 10.4 Å². The van der Waals surface area contributed by atoms with Crippen LogP contribution in [0.2, 0.25) is 0 Å². The average molecular weight is 557 g/mol. The molecule has 5 atom stereocenters. The van der Waals surface area contributed by atoms with E-state index in [1.54, 1.807) is 48.5 Å². The zero-order chi connectivity index (χ0) is 27.7. The summed E-state index contributed by atoms with van der Waals surface area (Å²) >= 11 is 6.72. The maximum atomic E-state index is 14.2. The molecule has 204 valence electrons. The number of aliphatic hydroxyl groups is 1. The topological polar surface area (TPSA) is 105 Å². The molecule has 1 aromatic carbocycles. The van der Waals surface area contributed by atoms with E-state index >= 15 is 0 Å². The molecule has 3 heterocycles. The van der Waals surface area contributed by atoms with Gasteiger partial charge in [0.25, 0.3) is 11.8 Å². The van der Waals surface area contributed by atoms with Crippen LogP contribution in [0.1, 0.15) is 34.5 Å². The number of halogens is 3. The number of anilines is 1. The largest absolute Gasteiger partial charge is 0.481 e. The highest BCUT2D eigenvalue weighted by atomic mass is 35.5. The predicted octanol–water partition coefficient (Wildman–Crippen LogP) is 3.77. The van der Waals surface area contributed by atoms with E-state index in [1.165, 1.54) is 30.5 Å². The molecule has 0 spiro atoms. The van der Waals surface area contributed by atoms with Crippen molar-refractivity contribution in [2.75, 3.05) is 18.6 Å². The van der Waals surface area contributed by atoms with Crippen molar-refractivity contribution in [1.82, 2.24) is 15.3 Å². The molecule has 39 heavy (non-hydrogen) atoms. The van der Waals surface area contributed by atoms with Gasteiger partial charge in [0.15, 0.2) is 0 Å². The van der Waals surface area contributed by atoms with Crippen molar-refractivity contribution in [3.05, 3.63) is 83.8 Å². The fourth-order valence-electron chi connectivity index (χ4n) is 5.48. The third kappa shape index (κ3) is 4.94. The standard InChI is InChI=1S/C28H27ClF2N4O4/c1-39-24-10-4-9-23(34-24)28(38)19-7-2-3-8-22(19)35(27(28)37)15-17-12-18(25(30)31)21(13-20(17)29)33-26(36)16-6-5-11-32-14-16/h2-11,14,17-18,20-21,25,38H,12-13,15H2,1H3,(H,33,36)/t17-,18-,20-,21-,28-/m1/s1. The third-order valence-electron chi connectivity index (χ3n) is 7.51. The Balaban J connectivity index is 1.39. The molecule has 1 aliphatic heterocycles. The number of benzene rings is 1. The van der Waals surface area contributed by atoms with Gasteiger partial charge < -0.3 is 20.1 Å². The molecule has 0 saturated heterocycles. The zero-order valence-electron chi connectivity index (χ0n) is 21.0. The summed E-state index contributed by atoms with van der Waals surface area (Å²) in [6, 6.07) is 13.8. The number of carbonyl (C=O) groups excluding carboxylic acids is 2. The molecule has 2 amide bonds. The molecular formula is C28H27ClF2N4O4. The molecule has 5 rings (SSSR count). The first-order valence-corrected chi connectivity index (χ1v) is 13.0. The summed E-state index contributed by atoms with van der Waals surface area (Å²) in [7, 11) is 1.43. The number of hydrogen-bond donors (Lipinski definition) is 2. The van der Waals surface area contributed by atoms with Crippen LogP contribution in [0.25, 0.3) is 0 Å². The molecule has 1 fully saturated rings. The van der Waals surface area contributed by atoms with Gasteiger partial charge in [-0.05, 0) is 43.0 Å². The van der Waals surface area contributed by atoms with Gasteiger partial charge in [-0.1, -0.05) is 24.3 Å². The summed E-state index contributed by atoms with van der Waals surface area (Å²) in [5.74, 6) is -2.60. The quantitative estimate of drug-likeness (QED) is 0.429. The molecule has 0 radical (unpaired) electrons. The van der Waals surface area contributed by atoms with Crippen molar-refractivity contribution in [3.8, 4) is 5.88 Å². The number of ether oxygens (including phenoxy) is 1. The number of methoxy groups -OCH3 is 1. The Bertz CT molecular complexity index is 1360. The highest BCUT2D eigenvalue weighted by molar-refractivity contribution is 6.21. The van der Waals surface area contributed by atoms with Gasteiger partial charge in [0.2, 0.25) is 17.9 Å². The maximum Gasteiger partial charge on any atom is 0.270 e. The maximum absolute atomic E-state index is 14.2. The number of nitrogens with one attached hydrogen (secondary N) is 1. The first kappa shape index (κ1) is 27.0. The Labute approximate surface area is 229 Å². The monoisotopic (exact) mass is 556 g/mol. The first-order chi connectivity index (χ1) is 18.7. The van der Waals surface area contributed by atoms with E-state index in [-0.39, 0.29) is 36.5 Å². The van der Waals surface area contributed by atoms with E-state index in [2.05, 4.69) is 15.3 Å².